The van der Waals surface area contributed by atoms with E-state index < -0.39 is 28.5 Å². The number of carbonyl (C=O) groups excluding carboxylic acids is 2. The molecule has 7 nitrogen and oxygen atoms in total. The Morgan fingerprint density at radius 2 is 1.56 bits per heavy atom. The highest BCUT2D eigenvalue weighted by Gasteiger charge is 2.34. The van der Waals surface area contributed by atoms with Crippen molar-refractivity contribution < 1.29 is 18.0 Å². The van der Waals surface area contributed by atoms with Crippen LogP contribution < -0.4 is 9.62 Å². The van der Waals surface area contributed by atoms with Gasteiger partial charge in [-0.3, -0.25) is 13.9 Å². The first-order valence-electron chi connectivity index (χ1n) is 12.5. The molecular weight excluding hydrogens is 557 g/mol. The number of aryl methyl sites for hydroxylation is 3. The minimum atomic E-state index is -4.14. The average Bonchev–Trinajstić information content (AvgIpc) is 2.88. The molecular formula is C29H33Cl2N3O4S. The lowest BCUT2D eigenvalue weighted by molar-refractivity contribution is -0.140. The van der Waals surface area contributed by atoms with Crippen LogP contribution in [0.4, 0.5) is 5.69 Å². The summed E-state index contributed by atoms with van der Waals surface area (Å²) in [5.41, 5.74) is 3.53. The maximum absolute atomic E-state index is 14.0. The molecule has 208 valence electrons. The Morgan fingerprint density at radius 1 is 0.923 bits per heavy atom. The predicted octanol–water partition coefficient (Wildman–Crippen LogP) is 5.67. The second-order valence-electron chi connectivity index (χ2n) is 9.41. The Hall–Kier alpha value is -3.07. The number of amides is 2. The lowest BCUT2D eigenvalue weighted by Gasteiger charge is -2.33. The Balaban J connectivity index is 2.11. The van der Waals surface area contributed by atoms with Gasteiger partial charge in [0.15, 0.2) is 0 Å². The molecule has 0 spiro atoms. The third-order valence-corrected chi connectivity index (χ3v) is 8.86. The molecule has 0 saturated heterocycles. The highest BCUT2D eigenvalue weighted by atomic mass is 35.5. The minimum Gasteiger partial charge on any atom is -0.357 e. The fourth-order valence-corrected chi connectivity index (χ4v) is 6.30. The van der Waals surface area contributed by atoms with Crippen molar-refractivity contribution in [3.63, 3.8) is 0 Å². The molecule has 2 amide bonds. The van der Waals surface area contributed by atoms with E-state index in [4.69, 9.17) is 23.2 Å². The van der Waals surface area contributed by atoms with Crippen LogP contribution in [-0.4, -0.2) is 44.8 Å². The molecule has 3 aromatic carbocycles. The van der Waals surface area contributed by atoms with Gasteiger partial charge in [-0.1, -0.05) is 71.6 Å². The highest BCUT2D eigenvalue weighted by molar-refractivity contribution is 7.92. The summed E-state index contributed by atoms with van der Waals surface area (Å²) in [5, 5.41) is 3.38. The van der Waals surface area contributed by atoms with E-state index in [0.717, 1.165) is 15.4 Å². The van der Waals surface area contributed by atoms with Gasteiger partial charge in [0.25, 0.3) is 10.0 Å². The quantitative estimate of drug-likeness (QED) is 0.330. The molecule has 0 heterocycles. The normalized spacial score (nSPS) is 12.1. The Kier molecular flexibility index (Phi) is 10.0. The third-order valence-electron chi connectivity index (χ3n) is 6.50. The molecule has 0 radical (unpaired) electrons. The van der Waals surface area contributed by atoms with Crippen LogP contribution in [0.15, 0.2) is 65.6 Å². The molecule has 0 aliphatic carbocycles. The number of benzene rings is 3. The van der Waals surface area contributed by atoms with Crippen molar-refractivity contribution in [2.45, 2.75) is 51.6 Å². The maximum atomic E-state index is 14.0. The molecule has 3 aromatic rings. The molecule has 0 unspecified atom stereocenters. The van der Waals surface area contributed by atoms with Gasteiger partial charge in [-0.15, -0.1) is 0 Å². The molecule has 0 saturated carbocycles. The van der Waals surface area contributed by atoms with Crippen LogP contribution in [0, 0.1) is 20.8 Å². The summed E-state index contributed by atoms with van der Waals surface area (Å²) >= 11 is 12.5. The van der Waals surface area contributed by atoms with Crippen molar-refractivity contribution in [2.75, 3.05) is 17.9 Å². The summed E-state index contributed by atoms with van der Waals surface area (Å²) in [7, 11) is -2.65. The van der Waals surface area contributed by atoms with Crippen molar-refractivity contribution in [3.8, 4) is 0 Å². The van der Waals surface area contributed by atoms with E-state index >= 15 is 0 Å². The number of rotatable bonds is 10. The van der Waals surface area contributed by atoms with E-state index in [2.05, 4.69) is 5.32 Å². The maximum Gasteiger partial charge on any atom is 0.264 e. The Labute approximate surface area is 240 Å². The van der Waals surface area contributed by atoms with Crippen molar-refractivity contribution in [2.24, 2.45) is 0 Å². The zero-order chi connectivity index (χ0) is 28.9. The monoisotopic (exact) mass is 589 g/mol. The van der Waals surface area contributed by atoms with Crippen molar-refractivity contribution >= 4 is 50.7 Å². The highest BCUT2D eigenvalue weighted by Crippen LogP contribution is 2.29. The first kappa shape index (κ1) is 30.5. The van der Waals surface area contributed by atoms with Gasteiger partial charge in [-0.2, -0.15) is 0 Å². The molecule has 1 atom stereocenters. The summed E-state index contributed by atoms with van der Waals surface area (Å²) in [6.45, 7) is 6.84. The van der Waals surface area contributed by atoms with Crippen molar-refractivity contribution in [3.05, 3.63) is 93.0 Å². The van der Waals surface area contributed by atoms with Crippen LogP contribution in [0.5, 0.6) is 0 Å². The third kappa shape index (κ3) is 7.12. The van der Waals surface area contributed by atoms with E-state index in [9.17, 15) is 18.0 Å². The summed E-state index contributed by atoms with van der Waals surface area (Å²) < 4.78 is 29.0. The fraction of sp³-hybridized carbons (Fsp3) is 0.310. The lowest BCUT2D eigenvalue weighted by Crippen LogP contribution is -2.51. The first-order chi connectivity index (χ1) is 18.4. The van der Waals surface area contributed by atoms with Gasteiger partial charge in [-0.05, 0) is 68.7 Å². The fourth-order valence-electron chi connectivity index (χ4n) is 4.36. The van der Waals surface area contributed by atoms with Gasteiger partial charge in [-0.25, -0.2) is 8.42 Å². The van der Waals surface area contributed by atoms with Gasteiger partial charge >= 0.3 is 0 Å². The van der Waals surface area contributed by atoms with Gasteiger partial charge in [0.05, 0.1) is 10.6 Å². The van der Waals surface area contributed by atoms with E-state index in [1.165, 1.54) is 24.1 Å². The number of carbonyl (C=O) groups is 2. The molecule has 0 aliphatic heterocycles. The zero-order valence-electron chi connectivity index (χ0n) is 22.7. The number of likely N-dealkylation sites (N-methyl/N-ethyl adjacent to an activating group) is 1. The average molecular weight is 591 g/mol. The molecule has 10 heteroatoms. The number of sulfonamides is 1. The summed E-state index contributed by atoms with van der Waals surface area (Å²) in [6, 6.07) is 15.9. The molecule has 0 fully saturated rings. The number of anilines is 1. The molecule has 0 bridgehead atoms. The largest absolute Gasteiger partial charge is 0.357 e. The number of hydrogen-bond donors (Lipinski definition) is 1. The molecule has 3 rings (SSSR count). The molecule has 0 aromatic heterocycles. The van der Waals surface area contributed by atoms with Gasteiger partial charge in [0, 0.05) is 23.6 Å². The van der Waals surface area contributed by atoms with E-state index in [1.54, 1.807) is 56.3 Å². The minimum absolute atomic E-state index is 0.00788. The number of nitrogens with zero attached hydrogens (tertiary/aromatic N) is 2. The van der Waals surface area contributed by atoms with Gasteiger partial charge in [0.1, 0.15) is 12.6 Å². The summed E-state index contributed by atoms with van der Waals surface area (Å²) in [6.07, 6.45) is 0.310. The van der Waals surface area contributed by atoms with Crippen LogP contribution in [0.25, 0.3) is 0 Å². The second-order valence-corrected chi connectivity index (χ2v) is 12.1. The molecule has 0 aliphatic rings. The number of hydrogen-bond acceptors (Lipinski definition) is 4. The molecule has 39 heavy (non-hydrogen) atoms. The standard InChI is InChI=1S/C29H33Cl2N3O4S/c1-6-26(29(36)32-5)33(17-22-10-11-23(30)16-25(22)31)28(35)18-34(27-14-9-20(3)15-21(27)4)39(37,38)24-12-7-19(2)8-13-24/h7-16,26H,6,17-18H2,1-5H3,(H,32,36)/t26-/m0/s1. The lowest BCUT2D eigenvalue weighted by atomic mass is 10.1. The summed E-state index contributed by atoms with van der Waals surface area (Å²) in [4.78, 5) is 28.3. The van der Waals surface area contributed by atoms with Gasteiger partial charge < -0.3 is 10.2 Å². The zero-order valence-corrected chi connectivity index (χ0v) is 25.0. The van der Waals surface area contributed by atoms with Crippen LogP contribution in [-0.2, 0) is 26.2 Å². The van der Waals surface area contributed by atoms with Crippen molar-refractivity contribution in [1.29, 1.82) is 0 Å². The topological polar surface area (TPSA) is 86.8 Å². The number of halogens is 2. The van der Waals surface area contributed by atoms with Crippen molar-refractivity contribution in [1.82, 2.24) is 10.2 Å². The molecule has 1 N–H and O–H groups in total. The number of nitrogens with one attached hydrogen (secondary N) is 1. The first-order valence-corrected chi connectivity index (χ1v) is 14.7. The van der Waals surface area contributed by atoms with Gasteiger partial charge in [0.2, 0.25) is 11.8 Å². The van der Waals surface area contributed by atoms with E-state index in [1.807, 2.05) is 19.9 Å². The second kappa shape index (κ2) is 12.9. The van der Waals surface area contributed by atoms with Crippen LogP contribution in [0.3, 0.4) is 0 Å². The summed E-state index contributed by atoms with van der Waals surface area (Å²) in [5.74, 6) is -0.914. The SMILES string of the molecule is CC[C@@H](C(=O)NC)N(Cc1ccc(Cl)cc1Cl)C(=O)CN(c1ccc(C)cc1C)S(=O)(=O)c1ccc(C)cc1. The smallest absolute Gasteiger partial charge is 0.264 e. The van der Waals surface area contributed by atoms with Crippen LogP contribution in [0.2, 0.25) is 10.0 Å². The predicted molar refractivity (Wildman–Crippen MR) is 157 cm³/mol. The van der Waals surface area contributed by atoms with E-state index in [0.29, 0.717) is 33.3 Å². The van der Waals surface area contributed by atoms with Crippen LogP contribution in [0.1, 0.15) is 35.6 Å². The van der Waals surface area contributed by atoms with Crippen LogP contribution >= 0.6 is 23.2 Å². The Morgan fingerprint density at radius 3 is 2.13 bits per heavy atom. The Bertz CT molecular complexity index is 1460. The van der Waals surface area contributed by atoms with E-state index in [-0.39, 0.29) is 17.3 Å².